The Bertz CT molecular complexity index is 540. The van der Waals surface area contributed by atoms with E-state index in [0.717, 1.165) is 30.8 Å². The zero-order valence-electron chi connectivity index (χ0n) is 12.5. The minimum absolute atomic E-state index is 0.641. The Morgan fingerprint density at radius 1 is 0.905 bits per heavy atom. The number of hydrogen-bond acceptors (Lipinski definition) is 3. The lowest BCUT2D eigenvalue weighted by atomic mass is 10.1. The van der Waals surface area contributed by atoms with E-state index in [9.17, 15) is 0 Å². The van der Waals surface area contributed by atoms with Gasteiger partial charge in [-0.05, 0) is 42.6 Å². The maximum Gasteiger partial charge on any atom is 0.161 e. The second-order valence-corrected chi connectivity index (χ2v) is 4.96. The number of benzene rings is 2. The van der Waals surface area contributed by atoms with Gasteiger partial charge >= 0.3 is 0 Å². The molecule has 2 aromatic rings. The second-order valence-electron chi connectivity index (χ2n) is 4.96. The minimum Gasteiger partial charge on any atom is -0.493 e. The van der Waals surface area contributed by atoms with E-state index in [1.165, 1.54) is 11.1 Å². The van der Waals surface area contributed by atoms with E-state index in [0.29, 0.717) is 13.2 Å². The van der Waals surface area contributed by atoms with Crippen molar-refractivity contribution in [1.82, 2.24) is 0 Å². The molecular weight excluding hydrogens is 262 g/mol. The quantitative estimate of drug-likeness (QED) is 0.810. The third-order valence-corrected chi connectivity index (χ3v) is 3.39. The van der Waals surface area contributed by atoms with E-state index in [2.05, 4.69) is 18.2 Å². The highest BCUT2D eigenvalue weighted by molar-refractivity contribution is 5.43. The molecule has 112 valence electrons. The van der Waals surface area contributed by atoms with Gasteiger partial charge in [-0.25, -0.2) is 0 Å². The predicted octanol–water partition coefficient (Wildman–Crippen LogP) is 3.21. The fraction of sp³-hybridized carbons (Fsp3) is 0.333. The van der Waals surface area contributed by atoms with Crippen molar-refractivity contribution in [2.75, 3.05) is 20.3 Å². The Hall–Kier alpha value is -2.00. The molecule has 0 unspecified atom stereocenters. The van der Waals surface area contributed by atoms with Crippen LogP contribution in [-0.4, -0.2) is 20.3 Å². The molecule has 3 heteroatoms. The van der Waals surface area contributed by atoms with Crippen LogP contribution in [0, 0.1) is 0 Å². The summed E-state index contributed by atoms with van der Waals surface area (Å²) in [5.41, 5.74) is 8.05. The van der Waals surface area contributed by atoms with E-state index in [-0.39, 0.29) is 0 Å². The number of aryl methyl sites for hydroxylation is 1. The van der Waals surface area contributed by atoms with Crippen molar-refractivity contribution < 1.29 is 9.47 Å². The van der Waals surface area contributed by atoms with Gasteiger partial charge in [-0.2, -0.15) is 0 Å². The molecule has 0 saturated heterocycles. The summed E-state index contributed by atoms with van der Waals surface area (Å²) in [5, 5.41) is 0. The van der Waals surface area contributed by atoms with Crippen LogP contribution in [0.2, 0.25) is 0 Å². The summed E-state index contributed by atoms with van der Waals surface area (Å²) in [6.45, 7) is 1.35. The number of rotatable bonds is 8. The SMILES string of the molecule is COc1cc(CCCN)ccc1OCCc1ccccc1. The van der Waals surface area contributed by atoms with Gasteiger partial charge in [-0.3, -0.25) is 0 Å². The van der Waals surface area contributed by atoms with Crippen molar-refractivity contribution >= 4 is 0 Å². The number of hydrogen-bond donors (Lipinski definition) is 1. The Morgan fingerprint density at radius 2 is 1.71 bits per heavy atom. The first-order valence-electron chi connectivity index (χ1n) is 7.37. The van der Waals surface area contributed by atoms with E-state index in [1.807, 2.05) is 30.3 Å². The average Bonchev–Trinajstić information content (AvgIpc) is 2.54. The maximum atomic E-state index is 5.84. The average molecular weight is 285 g/mol. The molecule has 0 fully saturated rings. The summed E-state index contributed by atoms with van der Waals surface area (Å²) in [5.74, 6) is 1.59. The molecule has 0 atom stereocenters. The van der Waals surface area contributed by atoms with Gasteiger partial charge in [-0.15, -0.1) is 0 Å². The van der Waals surface area contributed by atoms with Crippen LogP contribution in [0.15, 0.2) is 48.5 Å². The van der Waals surface area contributed by atoms with Crippen molar-refractivity contribution in [3.05, 3.63) is 59.7 Å². The molecule has 0 amide bonds. The summed E-state index contributed by atoms with van der Waals surface area (Å²) < 4.78 is 11.3. The molecule has 0 aliphatic rings. The summed E-state index contributed by atoms with van der Waals surface area (Å²) in [4.78, 5) is 0. The van der Waals surface area contributed by atoms with E-state index < -0.39 is 0 Å². The molecule has 0 aromatic heterocycles. The van der Waals surface area contributed by atoms with Crippen LogP contribution in [0.5, 0.6) is 11.5 Å². The van der Waals surface area contributed by atoms with Gasteiger partial charge in [0.05, 0.1) is 13.7 Å². The van der Waals surface area contributed by atoms with Gasteiger partial charge in [0.15, 0.2) is 11.5 Å². The Balaban J connectivity index is 1.93. The fourth-order valence-electron chi connectivity index (χ4n) is 2.22. The molecule has 3 nitrogen and oxygen atoms in total. The zero-order valence-corrected chi connectivity index (χ0v) is 12.5. The monoisotopic (exact) mass is 285 g/mol. The fourth-order valence-corrected chi connectivity index (χ4v) is 2.22. The predicted molar refractivity (Wildman–Crippen MR) is 86.0 cm³/mol. The summed E-state index contributed by atoms with van der Waals surface area (Å²) in [6.07, 6.45) is 2.84. The molecule has 0 heterocycles. The highest BCUT2D eigenvalue weighted by Gasteiger charge is 2.06. The highest BCUT2D eigenvalue weighted by Crippen LogP contribution is 2.28. The number of ether oxygens (including phenoxy) is 2. The third-order valence-electron chi connectivity index (χ3n) is 3.39. The van der Waals surface area contributed by atoms with Gasteiger partial charge < -0.3 is 15.2 Å². The van der Waals surface area contributed by atoms with Crippen molar-refractivity contribution in [3.63, 3.8) is 0 Å². The van der Waals surface area contributed by atoms with Gasteiger partial charge in [0.25, 0.3) is 0 Å². The van der Waals surface area contributed by atoms with E-state index in [1.54, 1.807) is 7.11 Å². The first kappa shape index (κ1) is 15.4. The molecule has 2 rings (SSSR count). The summed E-state index contributed by atoms with van der Waals surface area (Å²) in [6, 6.07) is 16.4. The molecule has 0 aliphatic carbocycles. The van der Waals surface area contributed by atoms with Crippen molar-refractivity contribution in [2.24, 2.45) is 5.73 Å². The Morgan fingerprint density at radius 3 is 2.43 bits per heavy atom. The van der Waals surface area contributed by atoms with E-state index >= 15 is 0 Å². The van der Waals surface area contributed by atoms with Crippen molar-refractivity contribution in [1.29, 1.82) is 0 Å². The zero-order chi connectivity index (χ0) is 14.9. The first-order chi connectivity index (χ1) is 10.3. The van der Waals surface area contributed by atoms with E-state index in [4.69, 9.17) is 15.2 Å². The van der Waals surface area contributed by atoms with Crippen LogP contribution in [0.25, 0.3) is 0 Å². The van der Waals surface area contributed by atoms with Gasteiger partial charge in [-0.1, -0.05) is 36.4 Å². The van der Waals surface area contributed by atoms with Crippen molar-refractivity contribution in [2.45, 2.75) is 19.3 Å². The lowest BCUT2D eigenvalue weighted by molar-refractivity contribution is 0.297. The first-order valence-corrected chi connectivity index (χ1v) is 7.37. The number of nitrogens with two attached hydrogens (primary N) is 1. The molecule has 0 spiro atoms. The minimum atomic E-state index is 0.641. The van der Waals surface area contributed by atoms with Gasteiger partial charge in [0, 0.05) is 6.42 Å². The largest absolute Gasteiger partial charge is 0.493 e. The highest BCUT2D eigenvalue weighted by atomic mass is 16.5. The smallest absolute Gasteiger partial charge is 0.161 e. The molecule has 21 heavy (non-hydrogen) atoms. The summed E-state index contributed by atoms with van der Waals surface area (Å²) >= 11 is 0. The maximum absolute atomic E-state index is 5.84. The van der Waals surface area contributed by atoms with Crippen LogP contribution in [0.4, 0.5) is 0 Å². The molecule has 0 saturated carbocycles. The Kier molecular flexibility index (Phi) is 6.10. The van der Waals surface area contributed by atoms with Crippen molar-refractivity contribution in [3.8, 4) is 11.5 Å². The third kappa shape index (κ3) is 4.80. The summed E-state index contributed by atoms with van der Waals surface area (Å²) in [7, 11) is 1.67. The lowest BCUT2D eigenvalue weighted by Gasteiger charge is -2.12. The number of methoxy groups -OCH3 is 1. The van der Waals surface area contributed by atoms with Crippen LogP contribution < -0.4 is 15.2 Å². The van der Waals surface area contributed by atoms with Gasteiger partial charge in [0.2, 0.25) is 0 Å². The molecule has 0 aliphatic heterocycles. The van der Waals surface area contributed by atoms with Gasteiger partial charge in [0.1, 0.15) is 0 Å². The van der Waals surface area contributed by atoms with Crippen LogP contribution in [0.1, 0.15) is 17.5 Å². The molecule has 2 N–H and O–H groups in total. The van der Waals surface area contributed by atoms with Crippen LogP contribution in [0.3, 0.4) is 0 Å². The standard InChI is InChI=1S/C18H23NO2/c1-20-18-14-16(8-5-12-19)9-10-17(18)21-13-11-15-6-3-2-4-7-15/h2-4,6-7,9-10,14H,5,8,11-13,19H2,1H3. The Labute approximate surface area is 126 Å². The molecule has 2 aromatic carbocycles. The molecular formula is C18H23NO2. The normalized spacial score (nSPS) is 10.4. The van der Waals surface area contributed by atoms with Crippen LogP contribution in [-0.2, 0) is 12.8 Å². The molecule has 0 bridgehead atoms. The lowest BCUT2D eigenvalue weighted by Crippen LogP contribution is -2.04. The molecule has 0 radical (unpaired) electrons. The van der Waals surface area contributed by atoms with Crippen LogP contribution >= 0.6 is 0 Å². The second kappa shape index (κ2) is 8.32. The topological polar surface area (TPSA) is 44.5 Å².